The molecule has 100 valence electrons. The minimum atomic E-state index is -0.293. The van der Waals surface area contributed by atoms with Gasteiger partial charge in [-0.05, 0) is 34.1 Å². The second-order valence-electron chi connectivity index (χ2n) is 3.91. The van der Waals surface area contributed by atoms with Crippen molar-refractivity contribution in [3.05, 3.63) is 40.4 Å². The van der Waals surface area contributed by atoms with Crippen molar-refractivity contribution in [2.24, 2.45) is 0 Å². The summed E-state index contributed by atoms with van der Waals surface area (Å²) < 4.78 is 13.6. The number of nitrogens with one attached hydrogen (secondary N) is 2. The van der Waals surface area contributed by atoms with E-state index in [4.69, 9.17) is 0 Å². The molecule has 0 aliphatic heterocycles. The first-order chi connectivity index (χ1) is 9.12. The van der Waals surface area contributed by atoms with Gasteiger partial charge in [0, 0.05) is 25.2 Å². The zero-order valence-corrected chi connectivity index (χ0v) is 12.3. The van der Waals surface area contributed by atoms with E-state index in [2.05, 4.69) is 36.5 Å². The maximum absolute atomic E-state index is 13.2. The fraction of sp³-hybridized carbons (Fsp3) is 0.231. The van der Waals surface area contributed by atoms with Crippen LogP contribution in [0.15, 0.2) is 28.7 Å². The lowest BCUT2D eigenvalue weighted by molar-refractivity contribution is 0.621. The fourth-order valence-corrected chi connectivity index (χ4v) is 1.95. The summed E-state index contributed by atoms with van der Waals surface area (Å²) in [6.07, 6.45) is 0.747. The van der Waals surface area contributed by atoms with Gasteiger partial charge in [0.25, 0.3) is 0 Å². The van der Waals surface area contributed by atoms with E-state index in [1.54, 1.807) is 25.2 Å². The van der Waals surface area contributed by atoms with Gasteiger partial charge < -0.3 is 10.6 Å². The SMILES string of the molecule is CCc1nc(NC)cc(Nc2ccc(F)c(Br)c2)n1. The molecule has 0 aliphatic rings. The topological polar surface area (TPSA) is 49.8 Å². The van der Waals surface area contributed by atoms with E-state index < -0.39 is 0 Å². The molecular weight excluding hydrogens is 311 g/mol. The average Bonchev–Trinajstić information content (AvgIpc) is 2.42. The largest absolute Gasteiger partial charge is 0.373 e. The molecule has 4 nitrogen and oxygen atoms in total. The summed E-state index contributed by atoms with van der Waals surface area (Å²) >= 11 is 3.16. The van der Waals surface area contributed by atoms with E-state index in [0.29, 0.717) is 10.3 Å². The molecule has 0 spiro atoms. The van der Waals surface area contributed by atoms with E-state index in [9.17, 15) is 4.39 Å². The van der Waals surface area contributed by atoms with E-state index in [-0.39, 0.29) is 5.82 Å². The lowest BCUT2D eigenvalue weighted by Gasteiger charge is -2.09. The molecule has 1 aromatic heterocycles. The third kappa shape index (κ3) is 3.41. The van der Waals surface area contributed by atoms with Gasteiger partial charge in [0.15, 0.2) is 0 Å². The summed E-state index contributed by atoms with van der Waals surface area (Å²) in [5, 5.41) is 6.12. The molecule has 2 aromatic rings. The van der Waals surface area contributed by atoms with E-state index in [0.717, 1.165) is 23.8 Å². The van der Waals surface area contributed by atoms with Gasteiger partial charge in [0.2, 0.25) is 0 Å². The number of anilines is 3. The molecule has 0 atom stereocenters. The lowest BCUT2D eigenvalue weighted by Crippen LogP contribution is -2.03. The quantitative estimate of drug-likeness (QED) is 0.899. The third-order valence-corrected chi connectivity index (χ3v) is 3.14. The summed E-state index contributed by atoms with van der Waals surface area (Å²) in [6, 6.07) is 6.53. The van der Waals surface area contributed by atoms with Crippen molar-refractivity contribution in [1.82, 2.24) is 9.97 Å². The molecule has 0 saturated carbocycles. The van der Waals surface area contributed by atoms with Crippen LogP contribution in [0.25, 0.3) is 0 Å². The predicted octanol–water partition coefficient (Wildman–Crippen LogP) is 3.73. The smallest absolute Gasteiger partial charge is 0.137 e. The minimum Gasteiger partial charge on any atom is -0.373 e. The van der Waals surface area contributed by atoms with Crippen molar-refractivity contribution in [2.45, 2.75) is 13.3 Å². The van der Waals surface area contributed by atoms with Crippen LogP contribution in [0.5, 0.6) is 0 Å². The molecule has 0 radical (unpaired) electrons. The van der Waals surface area contributed by atoms with Crippen LogP contribution in [-0.4, -0.2) is 17.0 Å². The molecule has 0 fully saturated rings. The number of aromatic nitrogens is 2. The van der Waals surface area contributed by atoms with Crippen LogP contribution >= 0.6 is 15.9 Å². The summed E-state index contributed by atoms with van der Waals surface area (Å²) in [5.41, 5.74) is 0.760. The molecular formula is C13H14BrFN4. The van der Waals surface area contributed by atoms with Crippen LogP contribution in [0.2, 0.25) is 0 Å². The zero-order chi connectivity index (χ0) is 13.8. The highest BCUT2D eigenvalue weighted by atomic mass is 79.9. The number of aryl methyl sites for hydroxylation is 1. The van der Waals surface area contributed by atoms with E-state index in [1.165, 1.54) is 6.07 Å². The molecule has 2 rings (SSSR count). The van der Waals surface area contributed by atoms with Crippen molar-refractivity contribution in [2.75, 3.05) is 17.7 Å². The molecule has 2 N–H and O–H groups in total. The molecule has 6 heteroatoms. The van der Waals surface area contributed by atoms with Crippen LogP contribution in [0.4, 0.5) is 21.7 Å². The molecule has 0 amide bonds. The summed E-state index contributed by atoms with van der Waals surface area (Å²) in [6.45, 7) is 1.99. The van der Waals surface area contributed by atoms with Gasteiger partial charge in [-0.2, -0.15) is 0 Å². The van der Waals surface area contributed by atoms with E-state index in [1.807, 2.05) is 6.92 Å². The van der Waals surface area contributed by atoms with Crippen molar-refractivity contribution in [3.8, 4) is 0 Å². The van der Waals surface area contributed by atoms with Crippen LogP contribution in [0.1, 0.15) is 12.7 Å². The Hall–Kier alpha value is -1.69. The average molecular weight is 325 g/mol. The van der Waals surface area contributed by atoms with Gasteiger partial charge in [-0.15, -0.1) is 0 Å². The van der Waals surface area contributed by atoms with Crippen molar-refractivity contribution >= 4 is 33.3 Å². The molecule has 19 heavy (non-hydrogen) atoms. The Morgan fingerprint density at radius 1 is 1.21 bits per heavy atom. The standard InChI is InChI=1S/C13H14BrFN4/c1-3-11-18-12(16-2)7-13(19-11)17-8-4-5-10(15)9(14)6-8/h4-7H,3H2,1-2H3,(H2,16,17,18,19). The molecule has 0 aliphatic carbocycles. The Morgan fingerprint density at radius 2 is 1.95 bits per heavy atom. The Bertz CT molecular complexity index is 567. The normalized spacial score (nSPS) is 10.3. The molecule has 0 bridgehead atoms. The number of nitrogens with zero attached hydrogens (tertiary/aromatic N) is 2. The predicted molar refractivity (Wildman–Crippen MR) is 78.3 cm³/mol. The van der Waals surface area contributed by atoms with Crippen LogP contribution in [0.3, 0.4) is 0 Å². The molecule has 1 heterocycles. The molecule has 0 saturated heterocycles. The highest BCUT2D eigenvalue weighted by molar-refractivity contribution is 9.10. The summed E-state index contributed by atoms with van der Waals surface area (Å²) in [5.74, 6) is 1.87. The Labute approximate surface area is 119 Å². The number of benzene rings is 1. The van der Waals surface area contributed by atoms with Crippen LogP contribution in [0, 0.1) is 5.82 Å². The van der Waals surface area contributed by atoms with Crippen molar-refractivity contribution < 1.29 is 4.39 Å². The van der Waals surface area contributed by atoms with Gasteiger partial charge >= 0.3 is 0 Å². The lowest BCUT2D eigenvalue weighted by atomic mass is 10.3. The van der Waals surface area contributed by atoms with Gasteiger partial charge in [-0.3, -0.25) is 0 Å². The maximum atomic E-state index is 13.2. The van der Waals surface area contributed by atoms with Gasteiger partial charge in [-0.25, -0.2) is 14.4 Å². The Kier molecular flexibility index (Phi) is 4.31. The summed E-state index contributed by atoms with van der Waals surface area (Å²) in [7, 11) is 1.81. The first-order valence-electron chi connectivity index (χ1n) is 5.90. The summed E-state index contributed by atoms with van der Waals surface area (Å²) in [4.78, 5) is 8.69. The Morgan fingerprint density at radius 3 is 2.58 bits per heavy atom. The number of hydrogen-bond donors (Lipinski definition) is 2. The van der Waals surface area contributed by atoms with Gasteiger partial charge in [0.05, 0.1) is 4.47 Å². The van der Waals surface area contributed by atoms with Crippen LogP contribution < -0.4 is 10.6 Å². The van der Waals surface area contributed by atoms with E-state index >= 15 is 0 Å². The number of rotatable bonds is 4. The van der Waals surface area contributed by atoms with Crippen molar-refractivity contribution in [3.63, 3.8) is 0 Å². The monoisotopic (exact) mass is 324 g/mol. The second kappa shape index (κ2) is 5.97. The number of halogens is 2. The van der Waals surface area contributed by atoms with Crippen LogP contribution in [-0.2, 0) is 6.42 Å². The Balaban J connectivity index is 2.29. The highest BCUT2D eigenvalue weighted by Gasteiger charge is 2.05. The second-order valence-corrected chi connectivity index (χ2v) is 4.77. The van der Waals surface area contributed by atoms with Crippen molar-refractivity contribution in [1.29, 1.82) is 0 Å². The fourth-order valence-electron chi connectivity index (χ4n) is 1.57. The maximum Gasteiger partial charge on any atom is 0.137 e. The first kappa shape index (κ1) is 13.7. The minimum absolute atomic E-state index is 0.293. The molecule has 0 unspecified atom stereocenters. The van der Waals surface area contributed by atoms with Gasteiger partial charge in [-0.1, -0.05) is 6.92 Å². The zero-order valence-electron chi connectivity index (χ0n) is 10.7. The number of hydrogen-bond acceptors (Lipinski definition) is 4. The molecule has 1 aromatic carbocycles. The van der Waals surface area contributed by atoms with Gasteiger partial charge in [0.1, 0.15) is 23.3 Å². The highest BCUT2D eigenvalue weighted by Crippen LogP contribution is 2.23. The first-order valence-corrected chi connectivity index (χ1v) is 6.69. The third-order valence-electron chi connectivity index (χ3n) is 2.54.